The zero-order chi connectivity index (χ0) is 23.7. The fourth-order valence-corrected chi connectivity index (χ4v) is 5.97. The first-order valence-corrected chi connectivity index (χ1v) is 12.5. The van der Waals surface area contributed by atoms with E-state index in [1.54, 1.807) is 0 Å². The van der Waals surface area contributed by atoms with Crippen LogP contribution >= 0.6 is 11.3 Å². The minimum Gasteiger partial charge on any atom is -0.477 e. The summed E-state index contributed by atoms with van der Waals surface area (Å²) in [6.07, 6.45) is 6.97. The molecule has 0 aromatic carbocycles. The Bertz CT molecular complexity index is 964. The molecule has 1 aromatic rings. The number of hydrogen-bond acceptors (Lipinski definition) is 4. The van der Waals surface area contributed by atoms with E-state index in [2.05, 4.69) is 24.1 Å². The minimum atomic E-state index is -1.05. The standard InChI is InChI=1S/C26H35NO4S/c1-16-20(12-13-25(2,3)4)32-22(24(30)31)21(16)27-23(29)17-10-14-26(5,15-11-17)18-8-6-7-9-19(18)28/h17-18H,6-11,14-15H2,1-5H3,(H,27,29)(H,30,31). The molecular formula is C26H35NO4S. The Hall–Kier alpha value is -2.13. The van der Waals surface area contributed by atoms with Gasteiger partial charge in [0.05, 0.1) is 10.6 Å². The summed E-state index contributed by atoms with van der Waals surface area (Å²) in [6, 6.07) is 0. The average molecular weight is 458 g/mol. The van der Waals surface area contributed by atoms with Gasteiger partial charge in [0.1, 0.15) is 10.7 Å². The predicted molar refractivity (Wildman–Crippen MR) is 128 cm³/mol. The molecule has 32 heavy (non-hydrogen) atoms. The van der Waals surface area contributed by atoms with Gasteiger partial charge in [0.25, 0.3) is 0 Å². The van der Waals surface area contributed by atoms with E-state index in [0.717, 1.165) is 56.3 Å². The molecule has 1 aromatic heterocycles. The fourth-order valence-electron chi connectivity index (χ4n) is 5.01. The van der Waals surface area contributed by atoms with Crippen molar-refractivity contribution < 1.29 is 19.5 Å². The Kier molecular flexibility index (Phi) is 7.19. The first-order valence-electron chi connectivity index (χ1n) is 11.6. The second kappa shape index (κ2) is 9.39. The Morgan fingerprint density at radius 1 is 1.16 bits per heavy atom. The molecule has 1 unspecified atom stereocenters. The molecule has 0 bridgehead atoms. The second-order valence-electron chi connectivity index (χ2n) is 10.7. The van der Waals surface area contributed by atoms with E-state index in [1.807, 2.05) is 27.7 Å². The maximum atomic E-state index is 13.1. The number of ketones is 1. The van der Waals surface area contributed by atoms with Gasteiger partial charge in [0.2, 0.25) is 5.91 Å². The van der Waals surface area contributed by atoms with Crippen LogP contribution in [0, 0.1) is 41.4 Å². The third-order valence-electron chi connectivity index (χ3n) is 7.03. The lowest BCUT2D eigenvalue weighted by Gasteiger charge is -2.43. The van der Waals surface area contributed by atoms with Crippen LogP contribution in [0.25, 0.3) is 0 Å². The normalized spacial score (nSPS) is 26.2. The highest BCUT2D eigenvalue weighted by atomic mass is 32.1. The molecule has 1 atom stereocenters. The van der Waals surface area contributed by atoms with E-state index < -0.39 is 5.97 Å². The number of carbonyl (C=O) groups excluding carboxylic acids is 2. The average Bonchev–Trinajstić information content (AvgIpc) is 3.02. The third-order valence-corrected chi connectivity index (χ3v) is 8.23. The van der Waals surface area contributed by atoms with E-state index in [9.17, 15) is 19.5 Å². The third kappa shape index (κ3) is 5.43. The van der Waals surface area contributed by atoms with Gasteiger partial charge in [-0.05, 0) is 71.6 Å². The molecule has 2 saturated carbocycles. The second-order valence-corrected chi connectivity index (χ2v) is 11.8. The number of anilines is 1. The Balaban J connectivity index is 1.72. The number of Topliss-reactive ketones (excluding diaryl/α,β-unsaturated/α-hetero) is 1. The van der Waals surface area contributed by atoms with Crippen LogP contribution in [-0.4, -0.2) is 22.8 Å². The summed E-state index contributed by atoms with van der Waals surface area (Å²) >= 11 is 1.12. The zero-order valence-electron chi connectivity index (χ0n) is 19.9. The zero-order valence-corrected chi connectivity index (χ0v) is 20.7. The number of aromatic carboxylic acids is 1. The van der Waals surface area contributed by atoms with Gasteiger partial charge in [-0.1, -0.05) is 25.2 Å². The number of carboxylic acid groups (broad SMARTS) is 1. The molecule has 0 aliphatic heterocycles. The molecule has 174 valence electrons. The van der Waals surface area contributed by atoms with Crippen LogP contribution in [0.15, 0.2) is 0 Å². The van der Waals surface area contributed by atoms with Gasteiger partial charge in [-0.2, -0.15) is 0 Å². The Morgan fingerprint density at radius 3 is 2.38 bits per heavy atom. The first kappa shape index (κ1) is 24.5. The summed E-state index contributed by atoms with van der Waals surface area (Å²) in [5.41, 5.74) is 0.874. The first-order chi connectivity index (χ1) is 14.9. The largest absolute Gasteiger partial charge is 0.477 e. The number of carbonyl (C=O) groups is 3. The van der Waals surface area contributed by atoms with E-state index >= 15 is 0 Å². The molecule has 6 heteroatoms. The van der Waals surface area contributed by atoms with Crippen LogP contribution in [0.5, 0.6) is 0 Å². The molecule has 2 N–H and O–H groups in total. The maximum absolute atomic E-state index is 13.1. The molecule has 1 heterocycles. The molecular weight excluding hydrogens is 422 g/mol. The minimum absolute atomic E-state index is 0.0193. The topological polar surface area (TPSA) is 83.5 Å². The lowest BCUT2D eigenvalue weighted by atomic mass is 9.61. The number of carboxylic acids is 1. The van der Waals surface area contributed by atoms with Crippen LogP contribution in [-0.2, 0) is 9.59 Å². The van der Waals surface area contributed by atoms with Crippen LogP contribution in [0.3, 0.4) is 0 Å². The van der Waals surface area contributed by atoms with E-state index in [0.29, 0.717) is 28.3 Å². The van der Waals surface area contributed by atoms with Crippen LogP contribution in [0.4, 0.5) is 5.69 Å². The van der Waals surface area contributed by atoms with Crippen molar-refractivity contribution in [1.82, 2.24) is 0 Å². The smallest absolute Gasteiger partial charge is 0.348 e. The summed E-state index contributed by atoms with van der Waals surface area (Å²) in [7, 11) is 0. The molecule has 5 nitrogen and oxygen atoms in total. The molecule has 0 spiro atoms. The van der Waals surface area contributed by atoms with Crippen LogP contribution < -0.4 is 5.32 Å². The van der Waals surface area contributed by atoms with Crippen molar-refractivity contribution in [2.75, 3.05) is 5.32 Å². The van der Waals surface area contributed by atoms with Crippen molar-refractivity contribution in [3.05, 3.63) is 15.3 Å². The Morgan fingerprint density at radius 2 is 1.81 bits per heavy atom. The highest BCUT2D eigenvalue weighted by Crippen LogP contribution is 2.48. The lowest BCUT2D eigenvalue weighted by Crippen LogP contribution is -2.40. The summed E-state index contributed by atoms with van der Waals surface area (Å²) in [5.74, 6) is 5.43. The Labute approximate surface area is 195 Å². The van der Waals surface area contributed by atoms with Crippen LogP contribution in [0.1, 0.15) is 99.2 Å². The van der Waals surface area contributed by atoms with Crippen molar-refractivity contribution in [3.63, 3.8) is 0 Å². The van der Waals surface area contributed by atoms with Crippen molar-refractivity contribution in [3.8, 4) is 11.8 Å². The molecule has 3 rings (SSSR count). The summed E-state index contributed by atoms with van der Waals surface area (Å²) in [5, 5.41) is 12.6. The van der Waals surface area contributed by atoms with Gasteiger partial charge in [0.15, 0.2) is 0 Å². The van der Waals surface area contributed by atoms with Crippen molar-refractivity contribution in [2.24, 2.45) is 22.7 Å². The highest BCUT2D eigenvalue weighted by Gasteiger charge is 2.43. The van der Waals surface area contributed by atoms with Gasteiger partial charge < -0.3 is 10.4 Å². The summed E-state index contributed by atoms with van der Waals surface area (Å²) < 4.78 is 0. The quantitative estimate of drug-likeness (QED) is 0.539. The molecule has 2 aliphatic carbocycles. The number of rotatable bonds is 4. The van der Waals surface area contributed by atoms with E-state index in [-0.39, 0.29) is 33.5 Å². The van der Waals surface area contributed by atoms with Crippen molar-refractivity contribution >= 4 is 34.7 Å². The number of amides is 1. The van der Waals surface area contributed by atoms with Gasteiger partial charge in [0, 0.05) is 29.2 Å². The van der Waals surface area contributed by atoms with Crippen molar-refractivity contribution in [1.29, 1.82) is 0 Å². The predicted octanol–water partition coefficient (Wildman–Crippen LogP) is 6.05. The molecule has 2 aliphatic rings. The maximum Gasteiger partial charge on any atom is 0.348 e. The van der Waals surface area contributed by atoms with E-state index in [1.165, 1.54) is 0 Å². The summed E-state index contributed by atoms with van der Waals surface area (Å²) in [4.78, 5) is 38.2. The lowest BCUT2D eigenvalue weighted by molar-refractivity contribution is -0.131. The van der Waals surface area contributed by atoms with Gasteiger partial charge in [-0.3, -0.25) is 9.59 Å². The molecule has 0 saturated heterocycles. The number of nitrogens with one attached hydrogen (secondary N) is 1. The number of hydrogen-bond donors (Lipinski definition) is 2. The highest BCUT2D eigenvalue weighted by molar-refractivity contribution is 7.15. The SMILES string of the molecule is Cc1c(C#CC(C)(C)C)sc(C(=O)O)c1NC(=O)C1CCC(C)(C2CCCCC2=O)CC1. The fraction of sp³-hybridized carbons (Fsp3) is 0.654. The van der Waals surface area contributed by atoms with Gasteiger partial charge >= 0.3 is 5.97 Å². The van der Waals surface area contributed by atoms with Crippen LogP contribution in [0.2, 0.25) is 0 Å². The monoisotopic (exact) mass is 457 g/mol. The van der Waals surface area contributed by atoms with Gasteiger partial charge in [-0.15, -0.1) is 11.3 Å². The van der Waals surface area contributed by atoms with Crippen molar-refractivity contribution in [2.45, 2.75) is 86.0 Å². The van der Waals surface area contributed by atoms with Gasteiger partial charge in [-0.25, -0.2) is 4.79 Å². The molecule has 1 amide bonds. The molecule has 2 fully saturated rings. The number of thiophene rings is 1. The summed E-state index contributed by atoms with van der Waals surface area (Å²) in [6.45, 7) is 10.0. The van der Waals surface area contributed by atoms with E-state index in [4.69, 9.17) is 0 Å². The molecule has 0 radical (unpaired) electrons.